The molecule has 1 aromatic heterocycles. The number of ketones is 1. The maximum atomic E-state index is 13.4. The van der Waals surface area contributed by atoms with Crippen LogP contribution in [0.2, 0.25) is 0 Å². The van der Waals surface area contributed by atoms with Crippen molar-refractivity contribution in [3.05, 3.63) is 71.2 Å². The Morgan fingerprint density at radius 2 is 1.46 bits per heavy atom. The van der Waals surface area contributed by atoms with Crippen LogP contribution in [0.3, 0.4) is 0 Å². The van der Waals surface area contributed by atoms with Crippen LogP contribution in [0.4, 0.5) is 4.39 Å². The summed E-state index contributed by atoms with van der Waals surface area (Å²) < 4.78 is 13.4. The molecule has 0 bridgehead atoms. The van der Waals surface area contributed by atoms with Crippen LogP contribution in [-0.2, 0) is 14.4 Å². The number of carbonyl (C=O) groups is 4. The lowest BCUT2D eigenvalue weighted by Crippen LogP contribution is -2.44. The van der Waals surface area contributed by atoms with Crippen molar-refractivity contribution in [2.75, 3.05) is 33.2 Å². The zero-order valence-electron chi connectivity index (χ0n) is 20.6. The fraction of sp³-hybridized carbons (Fsp3) is 0.308. The van der Waals surface area contributed by atoms with E-state index >= 15 is 0 Å². The molecule has 1 fully saturated rings. The summed E-state index contributed by atoms with van der Waals surface area (Å²) in [7, 11) is 1.56. The molecule has 3 amide bonds. The largest absolute Gasteiger partial charge is 0.362 e. The first-order valence-corrected chi connectivity index (χ1v) is 11.1. The Morgan fingerprint density at radius 3 is 1.83 bits per heavy atom. The molecule has 4 rings (SSSR count). The van der Waals surface area contributed by atoms with E-state index in [-0.39, 0.29) is 11.6 Å². The number of benzene rings is 2. The smallest absolute Gasteiger partial charge is 0.209 e. The van der Waals surface area contributed by atoms with Crippen molar-refractivity contribution in [3.8, 4) is 0 Å². The number of rotatable bonds is 4. The van der Waals surface area contributed by atoms with Gasteiger partial charge in [-0.2, -0.15) is 0 Å². The molecule has 1 saturated heterocycles. The minimum atomic E-state index is -0.350. The molecule has 0 atom stereocenters. The van der Waals surface area contributed by atoms with E-state index in [0.29, 0.717) is 49.1 Å². The third-order valence-electron chi connectivity index (χ3n) is 5.08. The van der Waals surface area contributed by atoms with Gasteiger partial charge in [0.25, 0.3) is 0 Å². The second-order valence-corrected chi connectivity index (χ2v) is 7.72. The topological polar surface area (TPSA) is 103 Å². The Kier molecular flexibility index (Phi) is 13.1. The lowest BCUT2D eigenvalue weighted by molar-refractivity contribution is -0.125. The van der Waals surface area contributed by atoms with Crippen molar-refractivity contribution in [1.82, 2.24) is 20.1 Å². The second-order valence-electron chi connectivity index (χ2n) is 7.72. The van der Waals surface area contributed by atoms with Gasteiger partial charge in [-0.05, 0) is 32.4 Å². The number of Topliss-reactive ketones (excluding diaryl/α,β-unsaturated/α-hetero) is 1. The molecule has 0 saturated carbocycles. The maximum Gasteiger partial charge on any atom is 0.209 e. The van der Waals surface area contributed by atoms with E-state index in [0.717, 1.165) is 18.4 Å². The van der Waals surface area contributed by atoms with E-state index in [4.69, 9.17) is 4.79 Å². The third-order valence-corrected chi connectivity index (χ3v) is 5.08. The van der Waals surface area contributed by atoms with Crippen molar-refractivity contribution in [1.29, 1.82) is 0 Å². The molecule has 0 radical (unpaired) electrons. The van der Waals surface area contributed by atoms with Gasteiger partial charge in [-0.15, -0.1) is 0 Å². The molecule has 3 aromatic rings. The van der Waals surface area contributed by atoms with Crippen LogP contribution in [0.1, 0.15) is 28.4 Å². The van der Waals surface area contributed by atoms with E-state index in [1.54, 1.807) is 29.1 Å². The van der Waals surface area contributed by atoms with Gasteiger partial charge >= 0.3 is 0 Å². The normalized spacial score (nSPS) is 12.0. The minimum Gasteiger partial charge on any atom is -0.362 e. The predicted octanol–water partition coefficient (Wildman–Crippen LogP) is 3.09. The number of nitrogens with zero attached hydrogens (tertiary/aromatic N) is 2. The quantitative estimate of drug-likeness (QED) is 0.439. The number of fused-ring (bicyclic) bond motifs is 1. The number of amides is 3. The van der Waals surface area contributed by atoms with Crippen molar-refractivity contribution in [3.63, 3.8) is 0 Å². The first kappa shape index (κ1) is 29.0. The Balaban J connectivity index is 0.000000256. The van der Waals surface area contributed by atoms with Gasteiger partial charge in [0.15, 0.2) is 5.78 Å². The van der Waals surface area contributed by atoms with Crippen LogP contribution in [0.15, 0.2) is 48.7 Å². The fourth-order valence-corrected chi connectivity index (χ4v) is 3.11. The summed E-state index contributed by atoms with van der Waals surface area (Å²) in [5.74, 6) is -0.474. The lowest BCUT2D eigenvalue weighted by Gasteiger charge is -2.29. The minimum absolute atomic E-state index is 0.124. The average molecular weight is 485 g/mol. The predicted molar refractivity (Wildman–Crippen MR) is 135 cm³/mol. The van der Waals surface area contributed by atoms with Gasteiger partial charge in [0.05, 0.1) is 5.52 Å². The van der Waals surface area contributed by atoms with Crippen molar-refractivity contribution in [2.24, 2.45) is 0 Å². The highest BCUT2D eigenvalue weighted by molar-refractivity contribution is 6.07. The molecular weight excluding hydrogens is 451 g/mol. The van der Waals surface area contributed by atoms with E-state index < -0.39 is 0 Å². The van der Waals surface area contributed by atoms with Crippen LogP contribution in [0.25, 0.3) is 10.9 Å². The van der Waals surface area contributed by atoms with E-state index in [1.807, 2.05) is 25.1 Å². The number of hydrogen-bond donors (Lipinski definition) is 2. The maximum absolute atomic E-state index is 13.4. The van der Waals surface area contributed by atoms with Gasteiger partial charge in [-0.25, -0.2) is 4.39 Å². The summed E-state index contributed by atoms with van der Waals surface area (Å²) in [4.78, 5) is 46.9. The number of aromatic amines is 1. The SMILES string of the molecule is CC(=O)c1c[nH]c2c(C)ccc(F)c12.CNC=O.Cc1ccccc1.O=CN1CCN(C=O)CC1. The Morgan fingerprint density at radius 1 is 0.943 bits per heavy atom. The van der Waals surface area contributed by atoms with Gasteiger partial charge in [0.1, 0.15) is 5.82 Å². The summed E-state index contributed by atoms with van der Waals surface area (Å²) in [5.41, 5.74) is 3.38. The number of aryl methyl sites for hydroxylation is 2. The van der Waals surface area contributed by atoms with Gasteiger partial charge in [0.2, 0.25) is 19.2 Å². The molecule has 188 valence electrons. The van der Waals surface area contributed by atoms with E-state index in [2.05, 4.69) is 29.4 Å². The standard InChI is InChI=1S/C11H10FNO.C7H8.C6H10N2O2.C2H5NO/c1-6-3-4-9(12)10-8(7(2)14)5-13-11(6)10;1-7-5-3-2-4-6-7;9-5-7-1-2-8(6-10)4-3-7;1-3-2-4/h3-5,13H,1-2H3;2-6H,1H3;5-6H,1-4H2;2H,1H3,(H,3,4). The molecule has 2 aromatic carbocycles. The molecule has 35 heavy (non-hydrogen) atoms. The summed E-state index contributed by atoms with van der Waals surface area (Å²) in [6, 6.07) is 13.3. The van der Waals surface area contributed by atoms with Crippen LogP contribution in [0, 0.1) is 19.7 Å². The van der Waals surface area contributed by atoms with Crippen LogP contribution < -0.4 is 5.32 Å². The van der Waals surface area contributed by atoms with Crippen molar-refractivity contribution < 1.29 is 23.6 Å². The molecule has 9 heteroatoms. The highest BCUT2D eigenvalue weighted by Crippen LogP contribution is 2.24. The number of nitrogens with one attached hydrogen (secondary N) is 2. The van der Waals surface area contributed by atoms with Gasteiger partial charge in [0, 0.05) is 50.4 Å². The summed E-state index contributed by atoms with van der Waals surface area (Å²) in [6.07, 6.45) is 3.83. The summed E-state index contributed by atoms with van der Waals surface area (Å²) in [5, 5.41) is 2.65. The fourth-order valence-electron chi connectivity index (χ4n) is 3.11. The monoisotopic (exact) mass is 484 g/mol. The van der Waals surface area contributed by atoms with Gasteiger partial charge in [-0.1, -0.05) is 42.0 Å². The van der Waals surface area contributed by atoms with Crippen molar-refractivity contribution >= 4 is 35.9 Å². The summed E-state index contributed by atoms with van der Waals surface area (Å²) >= 11 is 0. The molecular formula is C26H33FN4O4. The molecule has 1 aliphatic rings. The number of hydrogen-bond acceptors (Lipinski definition) is 4. The molecule has 8 nitrogen and oxygen atoms in total. The van der Waals surface area contributed by atoms with Crippen molar-refractivity contribution in [2.45, 2.75) is 20.8 Å². The number of aromatic nitrogens is 1. The number of H-pyrrole nitrogens is 1. The molecule has 0 unspecified atom stereocenters. The number of halogens is 1. The van der Waals surface area contributed by atoms with Gasteiger partial charge < -0.3 is 20.1 Å². The number of piperazine rings is 1. The summed E-state index contributed by atoms with van der Waals surface area (Å²) in [6.45, 7) is 8.07. The van der Waals surface area contributed by atoms with Crippen LogP contribution in [-0.4, -0.2) is 73.0 Å². The Hall–Kier alpha value is -4.01. The first-order valence-electron chi connectivity index (χ1n) is 11.1. The average Bonchev–Trinajstić information content (AvgIpc) is 3.35. The molecule has 2 heterocycles. The van der Waals surface area contributed by atoms with Crippen LogP contribution >= 0.6 is 0 Å². The zero-order chi connectivity index (χ0) is 26.2. The van der Waals surface area contributed by atoms with Crippen LogP contribution in [0.5, 0.6) is 0 Å². The number of carbonyl (C=O) groups excluding carboxylic acids is 4. The molecule has 1 aliphatic heterocycles. The molecule has 0 spiro atoms. The molecule has 2 N–H and O–H groups in total. The van der Waals surface area contributed by atoms with Gasteiger partial charge in [-0.3, -0.25) is 19.2 Å². The van der Waals surface area contributed by atoms with E-state index in [9.17, 15) is 18.8 Å². The lowest BCUT2D eigenvalue weighted by atomic mass is 10.1. The van der Waals surface area contributed by atoms with E-state index in [1.165, 1.54) is 18.6 Å². The third kappa shape index (κ3) is 9.79. The zero-order valence-corrected chi connectivity index (χ0v) is 20.6. The Bertz CT molecular complexity index is 1060. The highest BCUT2D eigenvalue weighted by Gasteiger charge is 2.13. The Labute approximate surface area is 205 Å². The first-order chi connectivity index (χ1) is 16.8. The highest BCUT2D eigenvalue weighted by atomic mass is 19.1. The molecule has 0 aliphatic carbocycles. The second kappa shape index (κ2) is 15.8.